The van der Waals surface area contributed by atoms with Crippen LogP contribution in [-0.4, -0.2) is 28.9 Å². The maximum atomic E-state index is 9.10. The average Bonchev–Trinajstić information content (AvgIpc) is 3.16. The van der Waals surface area contributed by atoms with Gasteiger partial charge in [-0.1, -0.05) is 42.5 Å². The van der Waals surface area contributed by atoms with Crippen LogP contribution in [0.25, 0.3) is 10.8 Å². The summed E-state index contributed by atoms with van der Waals surface area (Å²) in [4.78, 5) is 18.2. The van der Waals surface area contributed by atoms with E-state index in [2.05, 4.69) is 53.8 Å². The third-order valence-corrected chi connectivity index (χ3v) is 4.09. The smallest absolute Gasteiger partial charge is 0.414 e. The fourth-order valence-electron chi connectivity index (χ4n) is 2.75. The van der Waals surface area contributed by atoms with E-state index in [1.807, 2.05) is 12.1 Å². The van der Waals surface area contributed by atoms with E-state index in [1.54, 1.807) is 0 Å². The molecule has 0 spiro atoms. The van der Waals surface area contributed by atoms with Gasteiger partial charge in [0, 0.05) is 13.1 Å². The van der Waals surface area contributed by atoms with Crippen molar-refractivity contribution in [3.05, 3.63) is 71.8 Å². The van der Waals surface area contributed by atoms with Gasteiger partial charge in [-0.2, -0.15) is 0 Å². The average molecular weight is 381 g/mol. The lowest BCUT2D eigenvalue weighted by molar-refractivity contribution is -0.159. The maximum Gasteiger partial charge on any atom is 0.414 e. The van der Waals surface area contributed by atoms with Gasteiger partial charge in [-0.15, -0.1) is 0 Å². The van der Waals surface area contributed by atoms with Crippen LogP contribution in [0.15, 0.2) is 60.7 Å². The number of carboxylic acid groups (broad SMARTS) is 2. The van der Waals surface area contributed by atoms with Gasteiger partial charge < -0.3 is 25.0 Å². The summed E-state index contributed by atoms with van der Waals surface area (Å²) in [5.74, 6) is -1.98. The number of benzene rings is 3. The molecule has 144 valence electrons. The number of rotatable bonds is 4. The molecule has 4 rings (SSSR count). The third-order valence-electron chi connectivity index (χ3n) is 4.09. The molecule has 3 aromatic carbocycles. The van der Waals surface area contributed by atoms with E-state index in [4.69, 9.17) is 29.3 Å². The number of ether oxygens (including phenoxy) is 2. The van der Waals surface area contributed by atoms with Gasteiger partial charge in [0.05, 0.1) is 0 Å². The lowest BCUT2D eigenvalue weighted by Crippen LogP contribution is -2.12. The summed E-state index contributed by atoms with van der Waals surface area (Å²) in [6.45, 7) is 1.98. The van der Waals surface area contributed by atoms with Gasteiger partial charge >= 0.3 is 11.9 Å². The summed E-state index contributed by atoms with van der Waals surface area (Å²) in [5.41, 5.74) is 2.49. The minimum atomic E-state index is -1.82. The normalized spacial score (nSPS) is 11.6. The minimum absolute atomic E-state index is 0.323. The van der Waals surface area contributed by atoms with Crippen molar-refractivity contribution >= 4 is 22.7 Å². The first-order chi connectivity index (χ1) is 13.5. The number of carboxylic acids is 2. The number of nitrogens with one attached hydrogen (secondary N) is 1. The Morgan fingerprint density at radius 3 is 2.11 bits per heavy atom. The second kappa shape index (κ2) is 8.88. The summed E-state index contributed by atoms with van der Waals surface area (Å²) in [7, 11) is 0. The minimum Gasteiger partial charge on any atom is -0.473 e. The van der Waals surface area contributed by atoms with Gasteiger partial charge in [0.2, 0.25) is 6.79 Å². The molecule has 0 bridgehead atoms. The van der Waals surface area contributed by atoms with Crippen molar-refractivity contribution in [2.45, 2.75) is 13.1 Å². The van der Waals surface area contributed by atoms with Crippen molar-refractivity contribution in [2.24, 2.45) is 0 Å². The molecule has 28 heavy (non-hydrogen) atoms. The van der Waals surface area contributed by atoms with Gasteiger partial charge in [-0.05, 0) is 40.1 Å². The molecule has 0 saturated heterocycles. The van der Waals surface area contributed by atoms with Crippen molar-refractivity contribution in [3.63, 3.8) is 0 Å². The van der Waals surface area contributed by atoms with Gasteiger partial charge in [-0.3, -0.25) is 0 Å². The van der Waals surface area contributed by atoms with Crippen LogP contribution < -0.4 is 14.8 Å². The zero-order chi connectivity index (χ0) is 19.9. The number of hydrogen-bond donors (Lipinski definition) is 3. The summed E-state index contributed by atoms with van der Waals surface area (Å²) >= 11 is 0. The van der Waals surface area contributed by atoms with E-state index < -0.39 is 11.9 Å². The van der Waals surface area contributed by atoms with Crippen LogP contribution in [0.1, 0.15) is 11.1 Å². The monoisotopic (exact) mass is 381 g/mol. The Labute approximate surface area is 161 Å². The number of carbonyl (C=O) groups is 2. The van der Waals surface area contributed by atoms with Crippen LogP contribution in [0.3, 0.4) is 0 Å². The van der Waals surface area contributed by atoms with E-state index >= 15 is 0 Å². The molecule has 0 saturated carbocycles. The molecule has 0 aromatic heterocycles. The van der Waals surface area contributed by atoms with Gasteiger partial charge in [0.25, 0.3) is 0 Å². The Morgan fingerprint density at radius 2 is 1.39 bits per heavy atom. The second-order valence-electron chi connectivity index (χ2n) is 6.08. The van der Waals surface area contributed by atoms with Crippen molar-refractivity contribution in [3.8, 4) is 11.5 Å². The molecule has 1 aliphatic heterocycles. The van der Waals surface area contributed by atoms with Gasteiger partial charge in [0.15, 0.2) is 11.5 Å². The Kier molecular flexibility index (Phi) is 6.08. The van der Waals surface area contributed by atoms with Crippen LogP contribution in [0.5, 0.6) is 11.5 Å². The van der Waals surface area contributed by atoms with E-state index in [-0.39, 0.29) is 0 Å². The molecule has 0 unspecified atom stereocenters. The molecule has 1 aliphatic rings. The molecule has 7 nitrogen and oxygen atoms in total. The first-order valence-corrected chi connectivity index (χ1v) is 8.56. The third kappa shape index (κ3) is 4.99. The fourth-order valence-corrected chi connectivity index (χ4v) is 2.75. The Morgan fingerprint density at radius 1 is 0.786 bits per heavy atom. The molecular weight excluding hydrogens is 362 g/mol. The lowest BCUT2D eigenvalue weighted by atomic mass is 10.1. The lowest BCUT2D eigenvalue weighted by Gasteiger charge is -2.07. The Hall–Kier alpha value is -3.58. The van der Waals surface area contributed by atoms with Crippen molar-refractivity contribution < 1.29 is 29.3 Å². The molecule has 0 atom stereocenters. The van der Waals surface area contributed by atoms with Crippen LogP contribution in [0.2, 0.25) is 0 Å². The maximum absolute atomic E-state index is 9.10. The first-order valence-electron chi connectivity index (χ1n) is 8.56. The molecule has 3 N–H and O–H groups in total. The number of hydrogen-bond acceptors (Lipinski definition) is 5. The number of aliphatic carboxylic acids is 2. The topological polar surface area (TPSA) is 105 Å². The van der Waals surface area contributed by atoms with Crippen LogP contribution in [0.4, 0.5) is 0 Å². The summed E-state index contributed by atoms with van der Waals surface area (Å²) < 4.78 is 10.7. The van der Waals surface area contributed by atoms with Crippen molar-refractivity contribution in [2.75, 3.05) is 6.79 Å². The molecule has 0 amide bonds. The van der Waals surface area contributed by atoms with E-state index in [1.165, 1.54) is 21.9 Å². The molecule has 0 aliphatic carbocycles. The van der Waals surface area contributed by atoms with Crippen LogP contribution >= 0.6 is 0 Å². The van der Waals surface area contributed by atoms with Gasteiger partial charge in [0.1, 0.15) is 0 Å². The molecule has 3 aromatic rings. The van der Waals surface area contributed by atoms with E-state index in [0.717, 1.165) is 24.6 Å². The zero-order valence-electron chi connectivity index (χ0n) is 14.9. The van der Waals surface area contributed by atoms with E-state index in [9.17, 15) is 0 Å². The summed E-state index contributed by atoms with van der Waals surface area (Å²) in [6, 6.07) is 21.1. The molecular formula is C21H19NO6. The Bertz CT molecular complexity index is 989. The highest BCUT2D eigenvalue weighted by Crippen LogP contribution is 2.32. The highest BCUT2D eigenvalue weighted by atomic mass is 16.7. The quantitative estimate of drug-likeness (QED) is 0.597. The summed E-state index contributed by atoms with van der Waals surface area (Å²) in [6.07, 6.45) is 0. The molecule has 1 heterocycles. The van der Waals surface area contributed by atoms with Crippen molar-refractivity contribution in [1.82, 2.24) is 5.32 Å². The molecule has 7 heteroatoms. The highest BCUT2D eigenvalue weighted by molar-refractivity contribution is 6.27. The summed E-state index contributed by atoms with van der Waals surface area (Å²) in [5, 5.41) is 20.8. The molecule has 0 radical (unpaired) electrons. The predicted molar refractivity (Wildman–Crippen MR) is 102 cm³/mol. The van der Waals surface area contributed by atoms with E-state index in [0.29, 0.717) is 6.79 Å². The van der Waals surface area contributed by atoms with Crippen LogP contribution in [0, 0.1) is 0 Å². The number of fused-ring (bicyclic) bond motifs is 2. The van der Waals surface area contributed by atoms with Gasteiger partial charge in [-0.25, -0.2) is 9.59 Å². The fraction of sp³-hybridized carbons (Fsp3) is 0.143. The standard InChI is InChI=1S/C19H17NO2.C2H2O4/c1-2-4-17-9-14(5-7-16(17)3-1)11-20-12-15-6-8-18-19(10-15)22-13-21-18;3-1(4)2(5)6/h1-10,20H,11-13H2;(H,3,4)(H,5,6). The van der Waals surface area contributed by atoms with Crippen LogP contribution in [-0.2, 0) is 22.7 Å². The SMILES string of the molecule is O=C(O)C(=O)O.c1ccc2cc(CNCc3ccc4c(c3)OCO4)ccc2c1. The largest absolute Gasteiger partial charge is 0.473 e. The zero-order valence-corrected chi connectivity index (χ0v) is 14.9. The van der Waals surface area contributed by atoms with Crippen molar-refractivity contribution in [1.29, 1.82) is 0 Å². The predicted octanol–water partition coefficient (Wildman–Crippen LogP) is 3.01. The highest BCUT2D eigenvalue weighted by Gasteiger charge is 2.12. The Balaban J connectivity index is 0.000000330. The molecule has 0 fully saturated rings. The second-order valence-corrected chi connectivity index (χ2v) is 6.08. The first kappa shape index (κ1) is 19.2.